The van der Waals surface area contributed by atoms with Gasteiger partial charge >= 0.3 is 0 Å². The van der Waals surface area contributed by atoms with E-state index in [0.717, 1.165) is 31.6 Å². The molecular weight excluding hydrogens is 416 g/mol. The summed E-state index contributed by atoms with van der Waals surface area (Å²) in [5.74, 6) is 0.662. The average molecular weight is 434 g/mol. The molecular formula is C15H18Br2N2OS. The maximum Gasteiger partial charge on any atom is 0.0766 e. The molecule has 0 bridgehead atoms. The molecule has 1 N–H and O–H groups in total. The Labute approximate surface area is 146 Å². The molecule has 0 saturated carbocycles. The Morgan fingerprint density at radius 3 is 2.76 bits per heavy atom. The quantitative estimate of drug-likeness (QED) is 0.693. The first-order valence-corrected chi connectivity index (χ1v) is 9.35. The van der Waals surface area contributed by atoms with E-state index in [1.165, 1.54) is 0 Å². The molecule has 0 radical (unpaired) electrons. The summed E-state index contributed by atoms with van der Waals surface area (Å²) in [5.41, 5.74) is 2.09. The molecule has 0 saturated heterocycles. The average Bonchev–Trinajstić information content (AvgIpc) is 2.72. The number of hydrogen-bond acceptors (Lipinski definition) is 3. The summed E-state index contributed by atoms with van der Waals surface area (Å²) in [5, 5.41) is 14.7. The van der Waals surface area contributed by atoms with Gasteiger partial charge in [0.1, 0.15) is 0 Å². The van der Waals surface area contributed by atoms with Gasteiger partial charge in [0, 0.05) is 28.6 Å². The Balaban J connectivity index is 1.96. The number of halogens is 2. The van der Waals surface area contributed by atoms with Gasteiger partial charge < -0.3 is 5.11 Å². The standard InChI is InChI=1S/C15H18Br2N2OS/c1-3-13-15(17)14(19(2)18-13)8-11(20)9-21-12-6-4-5-10(16)7-12/h4-7,11,20H,3,8-9H2,1-2H3. The summed E-state index contributed by atoms with van der Waals surface area (Å²) < 4.78 is 3.94. The molecule has 1 aromatic carbocycles. The fourth-order valence-corrected chi connectivity index (χ4v) is 4.29. The zero-order chi connectivity index (χ0) is 15.4. The number of aryl methyl sites for hydroxylation is 2. The Kier molecular flexibility index (Phi) is 6.34. The number of nitrogens with zero attached hydrogens (tertiary/aromatic N) is 2. The molecule has 0 fully saturated rings. The van der Waals surface area contributed by atoms with Crippen molar-refractivity contribution in [3.05, 3.63) is 44.6 Å². The molecule has 2 rings (SSSR count). The Morgan fingerprint density at radius 1 is 1.38 bits per heavy atom. The highest BCUT2D eigenvalue weighted by atomic mass is 79.9. The molecule has 6 heteroatoms. The van der Waals surface area contributed by atoms with E-state index in [2.05, 4.69) is 56.0 Å². The highest BCUT2D eigenvalue weighted by Gasteiger charge is 2.16. The van der Waals surface area contributed by atoms with Gasteiger partial charge in [-0.3, -0.25) is 4.68 Å². The first-order valence-electron chi connectivity index (χ1n) is 6.78. The summed E-state index contributed by atoms with van der Waals surface area (Å²) in [6, 6.07) is 8.12. The highest BCUT2D eigenvalue weighted by Crippen LogP contribution is 2.26. The monoisotopic (exact) mass is 432 g/mol. The van der Waals surface area contributed by atoms with Gasteiger partial charge in [0.2, 0.25) is 0 Å². The highest BCUT2D eigenvalue weighted by molar-refractivity contribution is 9.10. The second-order valence-corrected chi connectivity index (χ2v) is 7.61. The molecule has 1 atom stereocenters. The Morgan fingerprint density at radius 2 is 2.14 bits per heavy atom. The van der Waals surface area contributed by atoms with Crippen molar-refractivity contribution in [2.75, 3.05) is 5.75 Å². The first kappa shape index (κ1) is 17.1. The summed E-state index contributed by atoms with van der Waals surface area (Å²) in [7, 11) is 1.92. The molecule has 1 heterocycles. The maximum atomic E-state index is 10.3. The van der Waals surface area contributed by atoms with Crippen LogP contribution in [0, 0.1) is 0 Å². The lowest BCUT2D eigenvalue weighted by Gasteiger charge is -2.11. The van der Waals surface area contributed by atoms with Crippen LogP contribution in [0.15, 0.2) is 38.1 Å². The molecule has 114 valence electrons. The van der Waals surface area contributed by atoms with E-state index in [0.29, 0.717) is 12.2 Å². The van der Waals surface area contributed by atoms with E-state index in [-0.39, 0.29) is 0 Å². The summed E-state index contributed by atoms with van der Waals surface area (Å²) in [6.07, 6.45) is 1.09. The van der Waals surface area contributed by atoms with Crippen LogP contribution in [0.3, 0.4) is 0 Å². The van der Waals surface area contributed by atoms with E-state index < -0.39 is 6.10 Å². The minimum absolute atomic E-state index is 0.398. The smallest absolute Gasteiger partial charge is 0.0766 e. The molecule has 3 nitrogen and oxygen atoms in total. The van der Waals surface area contributed by atoms with Crippen molar-refractivity contribution in [1.29, 1.82) is 0 Å². The molecule has 0 aliphatic heterocycles. The predicted octanol–water partition coefficient (Wildman–Crippen LogP) is 4.20. The van der Waals surface area contributed by atoms with Crippen LogP contribution >= 0.6 is 43.6 Å². The SMILES string of the molecule is CCc1nn(C)c(CC(O)CSc2cccc(Br)c2)c1Br. The van der Waals surface area contributed by atoms with Gasteiger partial charge in [-0.15, -0.1) is 11.8 Å². The third-order valence-electron chi connectivity index (χ3n) is 3.17. The van der Waals surface area contributed by atoms with Crippen LogP contribution in [0.2, 0.25) is 0 Å². The molecule has 21 heavy (non-hydrogen) atoms. The summed E-state index contributed by atoms with van der Waals surface area (Å²) >= 11 is 8.71. The fourth-order valence-electron chi connectivity index (χ4n) is 2.07. The van der Waals surface area contributed by atoms with Gasteiger partial charge in [-0.2, -0.15) is 5.10 Å². The van der Waals surface area contributed by atoms with Gasteiger partial charge in [-0.25, -0.2) is 0 Å². The van der Waals surface area contributed by atoms with Crippen molar-refractivity contribution < 1.29 is 5.11 Å². The zero-order valence-corrected chi connectivity index (χ0v) is 16.0. The van der Waals surface area contributed by atoms with Crippen LogP contribution in [-0.2, 0) is 19.9 Å². The number of rotatable bonds is 6. The number of aliphatic hydroxyl groups excluding tert-OH is 1. The number of aliphatic hydroxyl groups is 1. The van der Waals surface area contributed by atoms with Crippen LogP contribution in [0.1, 0.15) is 18.3 Å². The van der Waals surface area contributed by atoms with E-state index in [1.54, 1.807) is 11.8 Å². The number of aromatic nitrogens is 2. The summed E-state index contributed by atoms with van der Waals surface area (Å²) in [6.45, 7) is 2.08. The van der Waals surface area contributed by atoms with Crippen molar-refractivity contribution in [2.24, 2.45) is 7.05 Å². The van der Waals surface area contributed by atoms with E-state index >= 15 is 0 Å². The van der Waals surface area contributed by atoms with Gasteiger partial charge in [-0.05, 0) is 40.5 Å². The lowest BCUT2D eigenvalue weighted by molar-refractivity contribution is 0.197. The predicted molar refractivity (Wildman–Crippen MR) is 94.9 cm³/mol. The molecule has 0 aliphatic rings. The topological polar surface area (TPSA) is 38.0 Å². The van der Waals surface area contributed by atoms with Crippen molar-refractivity contribution >= 4 is 43.6 Å². The van der Waals surface area contributed by atoms with Crippen LogP contribution in [0.5, 0.6) is 0 Å². The molecule has 1 aromatic heterocycles. The normalized spacial score (nSPS) is 12.6. The van der Waals surface area contributed by atoms with Crippen molar-refractivity contribution in [3.8, 4) is 0 Å². The maximum absolute atomic E-state index is 10.3. The van der Waals surface area contributed by atoms with Gasteiger partial charge in [-0.1, -0.05) is 28.9 Å². The number of hydrogen-bond donors (Lipinski definition) is 1. The third-order valence-corrected chi connectivity index (χ3v) is 5.72. The molecule has 0 amide bonds. The Hall–Kier alpha value is -0.300. The van der Waals surface area contributed by atoms with Gasteiger partial charge in [0.25, 0.3) is 0 Å². The van der Waals surface area contributed by atoms with Gasteiger partial charge in [0.15, 0.2) is 0 Å². The second-order valence-electron chi connectivity index (χ2n) is 4.81. The molecule has 1 unspecified atom stereocenters. The molecule has 0 aliphatic carbocycles. The first-order chi connectivity index (χ1) is 10.0. The van der Waals surface area contributed by atoms with Crippen molar-refractivity contribution in [1.82, 2.24) is 9.78 Å². The molecule has 2 aromatic rings. The molecule has 0 spiro atoms. The van der Waals surface area contributed by atoms with Gasteiger partial charge in [0.05, 0.1) is 22.0 Å². The lowest BCUT2D eigenvalue weighted by Crippen LogP contribution is -2.16. The number of thioether (sulfide) groups is 1. The fraction of sp³-hybridized carbons (Fsp3) is 0.400. The lowest BCUT2D eigenvalue weighted by atomic mass is 10.2. The minimum atomic E-state index is -0.398. The minimum Gasteiger partial charge on any atom is -0.392 e. The van der Waals surface area contributed by atoms with Crippen molar-refractivity contribution in [2.45, 2.75) is 30.8 Å². The second kappa shape index (κ2) is 7.81. The zero-order valence-electron chi connectivity index (χ0n) is 12.0. The van der Waals surface area contributed by atoms with Crippen LogP contribution in [0.25, 0.3) is 0 Å². The van der Waals surface area contributed by atoms with E-state index in [1.807, 2.05) is 23.9 Å². The van der Waals surface area contributed by atoms with Crippen LogP contribution in [-0.4, -0.2) is 26.7 Å². The number of benzene rings is 1. The van der Waals surface area contributed by atoms with E-state index in [9.17, 15) is 5.11 Å². The van der Waals surface area contributed by atoms with Crippen LogP contribution < -0.4 is 0 Å². The largest absolute Gasteiger partial charge is 0.392 e. The third kappa shape index (κ3) is 4.58. The van der Waals surface area contributed by atoms with E-state index in [4.69, 9.17) is 0 Å². The van der Waals surface area contributed by atoms with Crippen LogP contribution in [0.4, 0.5) is 0 Å². The van der Waals surface area contributed by atoms with Crippen molar-refractivity contribution in [3.63, 3.8) is 0 Å². The summed E-state index contributed by atoms with van der Waals surface area (Å²) in [4.78, 5) is 1.15. The Bertz CT molecular complexity index is 616.